The summed E-state index contributed by atoms with van der Waals surface area (Å²) in [5, 5.41) is 1.41. The number of benzene rings is 2. The molecule has 0 bridgehead atoms. The second kappa shape index (κ2) is 5.40. The van der Waals surface area contributed by atoms with Crippen LogP contribution in [0.15, 0.2) is 48.5 Å². The summed E-state index contributed by atoms with van der Waals surface area (Å²) in [6, 6.07) is 16.2. The van der Waals surface area contributed by atoms with Crippen molar-refractivity contribution in [2.45, 2.75) is 30.7 Å². The molecule has 20 heavy (non-hydrogen) atoms. The zero-order valence-electron chi connectivity index (χ0n) is 11.2. The van der Waals surface area contributed by atoms with E-state index in [9.17, 15) is 0 Å². The molecular formula is C17H17Cl2N. The van der Waals surface area contributed by atoms with Crippen LogP contribution < -0.4 is 5.73 Å². The number of rotatable bonds is 4. The standard InChI is InChI=1S/C17H17Cl2N/c18-14-7-4-8-15(19)13(14)11-16(20)17(9-10-17)12-5-2-1-3-6-12/h1-8,16H,9-11,20H2. The Hall–Kier alpha value is -1.02. The van der Waals surface area contributed by atoms with Crippen LogP contribution in [0.5, 0.6) is 0 Å². The Balaban J connectivity index is 1.85. The molecule has 3 heteroatoms. The second-order valence-corrected chi connectivity index (χ2v) is 6.35. The Bertz CT molecular complexity index is 585. The topological polar surface area (TPSA) is 26.0 Å². The van der Waals surface area contributed by atoms with Gasteiger partial charge in [0.25, 0.3) is 0 Å². The third-order valence-corrected chi connectivity index (χ3v) is 5.04. The van der Waals surface area contributed by atoms with Gasteiger partial charge >= 0.3 is 0 Å². The van der Waals surface area contributed by atoms with E-state index >= 15 is 0 Å². The van der Waals surface area contributed by atoms with Gasteiger partial charge in [-0.3, -0.25) is 0 Å². The molecule has 2 aromatic carbocycles. The third kappa shape index (κ3) is 2.46. The lowest BCUT2D eigenvalue weighted by atomic mass is 9.85. The zero-order chi connectivity index (χ0) is 14.2. The molecule has 104 valence electrons. The fourth-order valence-corrected chi connectivity index (χ4v) is 3.47. The molecule has 1 nitrogen and oxygen atoms in total. The summed E-state index contributed by atoms with van der Waals surface area (Å²) in [7, 11) is 0. The number of hydrogen-bond donors (Lipinski definition) is 1. The summed E-state index contributed by atoms with van der Waals surface area (Å²) < 4.78 is 0. The highest BCUT2D eigenvalue weighted by molar-refractivity contribution is 6.36. The van der Waals surface area contributed by atoms with Gasteiger partial charge in [0.1, 0.15) is 0 Å². The van der Waals surface area contributed by atoms with Gasteiger partial charge in [0.05, 0.1) is 0 Å². The molecule has 2 N–H and O–H groups in total. The van der Waals surface area contributed by atoms with E-state index in [0.717, 1.165) is 18.4 Å². The van der Waals surface area contributed by atoms with Crippen molar-refractivity contribution in [2.75, 3.05) is 0 Å². The highest BCUT2D eigenvalue weighted by Crippen LogP contribution is 2.51. The molecule has 1 saturated carbocycles. The van der Waals surface area contributed by atoms with E-state index in [4.69, 9.17) is 28.9 Å². The Morgan fingerprint density at radius 1 is 0.950 bits per heavy atom. The molecule has 1 atom stereocenters. The van der Waals surface area contributed by atoms with Gasteiger partial charge in [-0.1, -0.05) is 59.6 Å². The first-order valence-corrected chi connectivity index (χ1v) is 7.63. The first kappa shape index (κ1) is 13.9. The maximum atomic E-state index is 6.50. The summed E-state index contributed by atoms with van der Waals surface area (Å²) in [4.78, 5) is 0. The van der Waals surface area contributed by atoms with Gasteiger partial charge in [-0.2, -0.15) is 0 Å². The molecule has 0 aliphatic heterocycles. The normalized spacial score (nSPS) is 17.8. The molecule has 0 amide bonds. The van der Waals surface area contributed by atoms with E-state index in [-0.39, 0.29) is 11.5 Å². The quantitative estimate of drug-likeness (QED) is 0.878. The number of nitrogens with two attached hydrogens (primary N) is 1. The van der Waals surface area contributed by atoms with Crippen molar-refractivity contribution in [2.24, 2.45) is 5.73 Å². The molecule has 1 fully saturated rings. The fourth-order valence-electron chi connectivity index (χ4n) is 2.92. The molecule has 1 aliphatic rings. The van der Waals surface area contributed by atoms with E-state index in [1.165, 1.54) is 5.56 Å². The molecule has 2 aromatic rings. The van der Waals surface area contributed by atoms with Crippen LogP contribution in [0.4, 0.5) is 0 Å². The second-order valence-electron chi connectivity index (χ2n) is 5.53. The lowest BCUT2D eigenvalue weighted by Gasteiger charge is -2.24. The van der Waals surface area contributed by atoms with E-state index < -0.39 is 0 Å². The first-order chi connectivity index (χ1) is 9.63. The first-order valence-electron chi connectivity index (χ1n) is 6.87. The van der Waals surface area contributed by atoms with Gasteiger partial charge in [-0.15, -0.1) is 0 Å². The highest BCUT2D eigenvalue weighted by atomic mass is 35.5. The van der Waals surface area contributed by atoms with Gasteiger partial charge in [0.2, 0.25) is 0 Å². The van der Waals surface area contributed by atoms with Crippen molar-refractivity contribution in [3.63, 3.8) is 0 Å². The molecule has 0 radical (unpaired) electrons. The summed E-state index contributed by atoms with van der Waals surface area (Å²) in [5.74, 6) is 0. The minimum atomic E-state index is 0.0438. The van der Waals surface area contributed by atoms with Crippen molar-refractivity contribution in [3.8, 4) is 0 Å². The SMILES string of the molecule is NC(Cc1c(Cl)cccc1Cl)C1(c2ccccc2)CC1. The maximum Gasteiger partial charge on any atom is 0.0453 e. The van der Waals surface area contributed by atoms with Crippen LogP contribution in [0.1, 0.15) is 24.0 Å². The monoisotopic (exact) mass is 305 g/mol. The van der Waals surface area contributed by atoms with E-state index in [1.807, 2.05) is 24.3 Å². The lowest BCUT2D eigenvalue weighted by molar-refractivity contribution is 0.514. The summed E-state index contributed by atoms with van der Waals surface area (Å²) >= 11 is 12.5. The van der Waals surface area contributed by atoms with E-state index in [2.05, 4.69) is 24.3 Å². The van der Waals surface area contributed by atoms with Crippen molar-refractivity contribution in [1.82, 2.24) is 0 Å². The van der Waals surface area contributed by atoms with Gasteiger partial charge in [-0.05, 0) is 42.5 Å². The summed E-state index contributed by atoms with van der Waals surface area (Å²) in [6.07, 6.45) is 2.99. The Kier molecular flexibility index (Phi) is 3.76. The van der Waals surface area contributed by atoms with Crippen LogP contribution in [0.3, 0.4) is 0 Å². The molecule has 0 heterocycles. The molecule has 3 rings (SSSR count). The minimum absolute atomic E-state index is 0.0438. The molecule has 0 saturated heterocycles. The summed E-state index contributed by atoms with van der Waals surface area (Å²) in [6.45, 7) is 0. The van der Waals surface area contributed by atoms with Gasteiger partial charge in [0.15, 0.2) is 0 Å². The lowest BCUT2D eigenvalue weighted by Crippen LogP contribution is -2.37. The average molecular weight is 306 g/mol. The van der Waals surface area contributed by atoms with Crippen molar-refractivity contribution < 1.29 is 0 Å². The van der Waals surface area contributed by atoms with E-state index in [1.54, 1.807) is 0 Å². The number of halogens is 2. The van der Waals surface area contributed by atoms with E-state index in [0.29, 0.717) is 16.5 Å². The van der Waals surface area contributed by atoms with Crippen LogP contribution in [-0.4, -0.2) is 6.04 Å². The van der Waals surface area contributed by atoms with Crippen LogP contribution in [0.25, 0.3) is 0 Å². The molecule has 0 spiro atoms. The van der Waals surface area contributed by atoms with Crippen LogP contribution in [0.2, 0.25) is 10.0 Å². The van der Waals surface area contributed by atoms with Gasteiger partial charge in [0, 0.05) is 21.5 Å². The van der Waals surface area contributed by atoms with Crippen LogP contribution >= 0.6 is 23.2 Å². The zero-order valence-corrected chi connectivity index (χ0v) is 12.7. The van der Waals surface area contributed by atoms with Crippen molar-refractivity contribution >= 4 is 23.2 Å². The predicted octanol–water partition coefficient (Wildman–Crippen LogP) is 4.60. The maximum absolute atomic E-state index is 6.50. The minimum Gasteiger partial charge on any atom is -0.327 e. The van der Waals surface area contributed by atoms with Crippen LogP contribution in [0, 0.1) is 0 Å². The smallest absolute Gasteiger partial charge is 0.0453 e. The third-order valence-electron chi connectivity index (χ3n) is 4.33. The van der Waals surface area contributed by atoms with Crippen LogP contribution in [-0.2, 0) is 11.8 Å². The van der Waals surface area contributed by atoms with Crippen molar-refractivity contribution in [3.05, 3.63) is 69.7 Å². The van der Waals surface area contributed by atoms with Gasteiger partial charge in [-0.25, -0.2) is 0 Å². The summed E-state index contributed by atoms with van der Waals surface area (Å²) in [5.41, 5.74) is 8.89. The van der Waals surface area contributed by atoms with Crippen molar-refractivity contribution in [1.29, 1.82) is 0 Å². The molecule has 0 aromatic heterocycles. The average Bonchev–Trinajstić information content (AvgIpc) is 3.25. The fraction of sp³-hybridized carbons (Fsp3) is 0.294. The Morgan fingerprint density at radius 2 is 1.55 bits per heavy atom. The predicted molar refractivity (Wildman–Crippen MR) is 85.5 cm³/mol. The largest absolute Gasteiger partial charge is 0.327 e. The molecular weight excluding hydrogens is 289 g/mol. The molecule has 1 unspecified atom stereocenters. The van der Waals surface area contributed by atoms with Gasteiger partial charge < -0.3 is 5.73 Å². The number of hydrogen-bond acceptors (Lipinski definition) is 1. The Morgan fingerprint density at radius 3 is 2.10 bits per heavy atom. The Labute approximate surface area is 129 Å². The molecule has 1 aliphatic carbocycles. The highest BCUT2D eigenvalue weighted by Gasteiger charge is 2.49.